The lowest BCUT2D eigenvalue weighted by molar-refractivity contribution is -0.147. The normalized spacial score (nSPS) is 32.9. The molecule has 122 valence electrons. The van der Waals surface area contributed by atoms with Gasteiger partial charge < -0.3 is 15.4 Å². The molecule has 2 N–H and O–H groups in total. The summed E-state index contributed by atoms with van der Waals surface area (Å²) in [6, 6.07) is 1.90. The van der Waals surface area contributed by atoms with E-state index in [1.807, 2.05) is 28.8 Å². The van der Waals surface area contributed by atoms with E-state index in [4.69, 9.17) is 10.5 Å². The quantitative estimate of drug-likeness (QED) is 0.905. The van der Waals surface area contributed by atoms with Crippen LogP contribution >= 0.6 is 0 Å². The Morgan fingerprint density at radius 2 is 2.36 bits per heavy atom. The molecule has 0 aromatic carbocycles. The molecule has 6 heteroatoms. The van der Waals surface area contributed by atoms with Crippen LogP contribution in [-0.2, 0) is 16.1 Å². The molecule has 1 saturated heterocycles. The number of amides is 1. The SMILES string of the molecule is CC1(N)CCCCC1C(=O)N1CCOC(Cn2cccn2)C1. The number of aromatic nitrogens is 2. The van der Waals surface area contributed by atoms with Gasteiger partial charge in [0, 0.05) is 31.0 Å². The monoisotopic (exact) mass is 306 g/mol. The van der Waals surface area contributed by atoms with Gasteiger partial charge in [-0.1, -0.05) is 12.8 Å². The lowest BCUT2D eigenvalue weighted by Crippen LogP contribution is -2.56. The third-order valence-corrected chi connectivity index (χ3v) is 4.95. The summed E-state index contributed by atoms with van der Waals surface area (Å²) in [5, 5.41) is 4.21. The minimum absolute atomic E-state index is 0.00483. The van der Waals surface area contributed by atoms with E-state index in [0.29, 0.717) is 26.2 Å². The molecule has 3 rings (SSSR count). The number of carbonyl (C=O) groups excluding carboxylic acids is 1. The molecule has 3 atom stereocenters. The van der Waals surface area contributed by atoms with Gasteiger partial charge in [-0.3, -0.25) is 9.48 Å². The first-order valence-electron chi connectivity index (χ1n) is 8.23. The number of hydrogen-bond acceptors (Lipinski definition) is 4. The second-order valence-electron chi connectivity index (χ2n) is 6.81. The predicted octanol–water partition coefficient (Wildman–Crippen LogP) is 1.02. The first-order chi connectivity index (χ1) is 10.6. The van der Waals surface area contributed by atoms with Gasteiger partial charge in [0.25, 0.3) is 0 Å². The molecule has 0 radical (unpaired) electrons. The summed E-state index contributed by atoms with van der Waals surface area (Å²) in [6.07, 6.45) is 7.75. The number of ether oxygens (including phenoxy) is 1. The number of nitrogens with zero attached hydrogens (tertiary/aromatic N) is 3. The smallest absolute Gasteiger partial charge is 0.227 e. The van der Waals surface area contributed by atoms with Gasteiger partial charge in [0.1, 0.15) is 0 Å². The minimum atomic E-state index is -0.370. The Morgan fingerprint density at radius 1 is 1.50 bits per heavy atom. The second-order valence-corrected chi connectivity index (χ2v) is 6.81. The van der Waals surface area contributed by atoms with Crippen molar-refractivity contribution in [1.82, 2.24) is 14.7 Å². The van der Waals surface area contributed by atoms with Crippen molar-refractivity contribution in [3.63, 3.8) is 0 Å². The van der Waals surface area contributed by atoms with Crippen molar-refractivity contribution in [3.8, 4) is 0 Å². The molecule has 1 aromatic rings. The Hall–Kier alpha value is -1.40. The Labute approximate surface area is 131 Å². The number of rotatable bonds is 3. The Bertz CT molecular complexity index is 500. The average Bonchev–Trinajstić information content (AvgIpc) is 2.99. The summed E-state index contributed by atoms with van der Waals surface area (Å²) in [5.41, 5.74) is 6.01. The molecule has 2 heterocycles. The Kier molecular flexibility index (Phi) is 4.49. The van der Waals surface area contributed by atoms with Crippen LogP contribution in [-0.4, -0.2) is 51.9 Å². The number of nitrogens with two attached hydrogens (primary N) is 1. The highest BCUT2D eigenvalue weighted by Gasteiger charge is 2.40. The molecular formula is C16H26N4O2. The lowest BCUT2D eigenvalue weighted by atomic mass is 9.74. The molecular weight excluding hydrogens is 280 g/mol. The molecule has 0 bridgehead atoms. The third kappa shape index (κ3) is 3.33. The summed E-state index contributed by atoms with van der Waals surface area (Å²) in [7, 11) is 0. The van der Waals surface area contributed by atoms with Crippen LogP contribution in [0.25, 0.3) is 0 Å². The summed E-state index contributed by atoms with van der Waals surface area (Å²) in [5.74, 6) is 0.156. The van der Waals surface area contributed by atoms with Crippen molar-refractivity contribution in [2.75, 3.05) is 19.7 Å². The topological polar surface area (TPSA) is 73.4 Å². The Morgan fingerprint density at radius 3 is 3.09 bits per heavy atom. The van der Waals surface area contributed by atoms with Crippen molar-refractivity contribution in [2.24, 2.45) is 11.7 Å². The van der Waals surface area contributed by atoms with Gasteiger partial charge in [0.2, 0.25) is 5.91 Å². The molecule has 1 aliphatic carbocycles. The van der Waals surface area contributed by atoms with E-state index in [2.05, 4.69) is 5.10 Å². The highest BCUT2D eigenvalue weighted by molar-refractivity contribution is 5.80. The van der Waals surface area contributed by atoms with Crippen LogP contribution in [0.5, 0.6) is 0 Å². The van der Waals surface area contributed by atoms with Crippen molar-refractivity contribution in [2.45, 2.75) is 50.8 Å². The second kappa shape index (κ2) is 6.38. The van der Waals surface area contributed by atoms with Crippen LogP contribution in [0, 0.1) is 5.92 Å². The number of hydrogen-bond donors (Lipinski definition) is 1. The fourth-order valence-corrected chi connectivity index (χ4v) is 3.63. The van der Waals surface area contributed by atoms with E-state index >= 15 is 0 Å². The first-order valence-corrected chi connectivity index (χ1v) is 8.23. The summed E-state index contributed by atoms with van der Waals surface area (Å²) < 4.78 is 7.64. The van der Waals surface area contributed by atoms with Gasteiger partial charge in [-0.25, -0.2) is 0 Å². The standard InChI is InChI=1S/C16H26N4O2/c1-16(17)6-3-2-5-14(16)15(21)19-9-10-22-13(11-19)12-20-8-4-7-18-20/h4,7-8,13-14H,2-3,5-6,9-12,17H2,1H3. The maximum absolute atomic E-state index is 12.9. The first kappa shape index (κ1) is 15.5. The largest absolute Gasteiger partial charge is 0.373 e. The average molecular weight is 306 g/mol. The summed E-state index contributed by atoms with van der Waals surface area (Å²) in [6.45, 7) is 4.59. The van der Waals surface area contributed by atoms with Gasteiger partial charge in [0.15, 0.2) is 0 Å². The molecule has 2 fully saturated rings. The number of morpholine rings is 1. The van der Waals surface area contributed by atoms with Crippen molar-refractivity contribution < 1.29 is 9.53 Å². The molecule has 2 aliphatic rings. The van der Waals surface area contributed by atoms with Crippen LogP contribution in [0.15, 0.2) is 18.5 Å². The van der Waals surface area contributed by atoms with Gasteiger partial charge >= 0.3 is 0 Å². The third-order valence-electron chi connectivity index (χ3n) is 4.95. The van der Waals surface area contributed by atoms with E-state index in [9.17, 15) is 4.79 Å². The van der Waals surface area contributed by atoms with Gasteiger partial charge in [-0.2, -0.15) is 5.10 Å². The van der Waals surface area contributed by atoms with E-state index in [1.165, 1.54) is 0 Å². The molecule has 3 unspecified atom stereocenters. The van der Waals surface area contributed by atoms with Crippen molar-refractivity contribution in [3.05, 3.63) is 18.5 Å². The maximum Gasteiger partial charge on any atom is 0.227 e. The fourth-order valence-electron chi connectivity index (χ4n) is 3.63. The van der Waals surface area contributed by atoms with Crippen LogP contribution in [0.2, 0.25) is 0 Å². The van der Waals surface area contributed by atoms with Crippen LogP contribution in [0.3, 0.4) is 0 Å². The van der Waals surface area contributed by atoms with Crippen LogP contribution < -0.4 is 5.73 Å². The molecule has 1 aromatic heterocycles. The summed E-state index contributed by atoms with van der Waals surface area (Å²) >= 11 is 0. The van der Waals surface area contributed by atoms with Gasteiger partial charge in [-0.05, 0) is 25.8 Å². The fraction of sp³-hybridized carbons (Fsp3) is 0.750. The highest BCUT2D eigenvalue weighted by Crippen LogP contribution is 2.33. The molecule has 1 saturated carbocycles. The zero-order valence-corrected chi connectivity index (χ0v) is 13.3. The van der Waals surface area contributed by atoms with Crippen LogP contribution in [0.4, 0.5) is 0 Å². The zero-order chi connectivity index (χ0) is 15.6. The molecule has 22 heavy (non-hydrogen) atoms. The predicted molar refractivity (Wildman–Crippen MR) is 83.1 cm³/mol. The Balaban J connectivity index is 1.62. The van der Waals surface area contributed by atoms with Crippen LogP contribution in [0.1, 0.15) is 32.6 Å². The van der Waals surface area contributed by atoms with E-state index < -0.39 is 0 Å². The van der Waals surface area contributed by atoms with Gasteiger partial charge in [-0.15, -0.1) is 0 Å². The highest BCUT2D eigenvalue weighted by atomic mass is 16.5. The summed E-state index contributed by atoms with van der Waals surface area (Å²) in [4.78, 5) is 14.8. The minimum Gasteiger partial charge on any atom is -0.373 e. The van der Waals surface area contributed by atoms with Crippen molar-refractivity contribution >= 4 is 5.91 Å². The van der Waals surface area contributed by atoms with E-state index in [-0.39, 0.29) is 23.5 Å². The molecule has 0 spiro atoms. The van der Waals surface area contributed by atoms with Gasteiger partial charge in [0.05, 0.1) is 25.2 Å². The van der Waals surface area contributed by atoms with Crippen molar-refractivity contribution in [1.29, 1.82) is 0 Å². The van der Waals surface area contributed by atoms with E-state index in [0.717, 1.165) is 25.7 Å². The zero-order valence-electron chi connectivity index (χ0n) is 13.3. The van der Waals surface area contributed by atoms with E-state index in [1.54, 1.807) is 6.20 Å². The molecule has 1 aliphatic heterocycles. The number of carbonyl (C=O) groups is 1. The molecule has 6 nitrogen and oxygen atoms in total. The lowest BCUT2D eigenvalue weighted by Gasteiger charge is -2.42. The molecule has 1 amide bonds. The maximum atomic E-state index is 12.9.